The lowest BCUT2D eigenvalue weighted by molar-refractivity contribution is -0.116. The number of carbonyl (C=O) groups excluding carboxylic acids is 1. The van der Waals surface area contributed by atoms with Crippen molar-refractivity contribution in [2.75, 3.05) is 44.8 Å². The zero-order valence-corrected chi connectivity index (χ0v) is 16.9. The molecule has 2 aliphatic rings. The van der Waals surface area contributed by atoms with Crippen molar-refractivity contribution in [3.63, 3.8) is 0 Å². The molecule has 31 heavy (non-hydrogen) atoms. The van der Waals surface area contributed by atoms with Crippen LogP contribution in [0.1, 0.15) is 22.7 Å². The highest BCUT2D eigenvalue weighted by Crippen LogP contribution is 2.39. The van der Waals surface area contributed by atoms with E-state index in [1.165, 1.54) is 6.33 Å². The fourth-order valence-corrected chi connectivity index (χ4v) is 4.10. The molecule has 3 aromatic rings. The number of nitrogens with zero attached hydrogens (tertiary/aromatic N) is 4. The fourth-order valence-electron chi connectivity index (χ4n) is 4.10. The Bertz CT molecular complexity index is 1180. The minimum absolute atomic E-state index is 0.157. The molecule has 0 bridgehead atoms. The van der Waals surface area contributed by atoms with Gasteiger partial charge < -0.3 is 14.8 Å². The van der Waals surface area contributed by atoms with Gasteiger partial charge in [0.15, 0.2) is 0 Å². The molecular weight excluding hydrogens is 394 g/mol. The average Bonchev–Trinajstić information content (AvgIpc) is 3.14. The maximum absolute atomic E-state index is 12.7. The van der Waals surface area contributed by atoms with Crippen molar-refractivity contribution in [1.29, 1.82) is 5.26 Å². The van der Waals surface area contributed by atoms with Gasteiger partial charge in [-0.1, -0.05) is 0 Å². The summed E-state index contributed by atoms with van der Waals surface area (Å²) in [5.74, 6) is -0.00809. The van der Waals surface area contributed by atoms with E-state index in [-0.39, 0.29) is 5.91 Å². The number of nitriles is 1. The molecule has 5 rings (SSSR count). The average molecular weight is 415 g/mol. The van der Waals surface area contributed by atoms with Crippen LogP contribution < -0.4 is 10.1 Å². The van der Waals surface area contributed by atoms with Crippen molar-refractivity contribution >= 4 is 22.5 Å². The molecule has 0 aliphatic carbocycles. The van der Waals surface area contributed by atoms with Gasteiger partial charge in [-0.3, -0.25) is 9.69 Å². The van der Waals surface area contributed by atoms with E-state index in [4.69, 9.17) is 9.47 Å². The molecule has 0 radical (unpaired) electrons. The van der Waals surface area contributed by atoms with Gasteiger partial charge in [0.25, 0.3) is 0 Å². The van der Waals surface area contributed by atoms with Crippen LogP contribution in [0.2, 0.25) is 0 Å². The second-order valence-corrected chi connectivity index (χ2v) is 7.58. The number of benzene rings is 2. The largest absolute Gasteiger partial charge is 0.492 e. The molecule has 156 valence electrons. The molecule has 8 heteroatoms. The summed E-state index contributed by atoms with van der Waals surface area (Å²) in [6, 6.07) is 13.0. The molecule has 1 unspecified atom stereocenters. The standard InChI is InChI=1S/C23H21N5O3/c24-13-15-1-4-19-18(11-15)21(23(29)27-19)22-17-3-2-16(12-20(17)25-14-26-22)31-10-7-28-5-8-30-9-6-28/h1-4,11-12,14,21H,5-10H2,(H,27,29). The SMILES string of the molecule is N#Cc1ccc2c(c1)C(c1ncnc3cc(OCCN4CCOCC4)ccc13)C(=O)N2. The van der Waals surface area contributed by atoms with Crippen LogP contribution in [0.5, 0.6) is 5.75 Å². The highest BCUT2D eigenvalue weighted by molar-refractivity contribution is 6.06. The minimum atomic E-state index is -0.582. The molecule has 1 atom stereocenters. The number of aromatic nitrogens is 2. The molecule has 2 aromatic carbocycles. The number of fused-ring (bicyclic) bond motifs is 2. The van der Waals surface area contributed by atoms with Crippen LogP contribution in [0.15, 0.2) is 42.7 Å². The minimum Gasteiger partial charge on any atom is -0.492 e. The number of nitrogens with one attached hydrogen (secondary N) is 1. The lowest BCUT2D eigenvalue weighted by atomic mass is 9.93. The van der Waals surface area contributed by atoms with E-state index in [9.17, 15) is 10.1 Å². The zero-order chi connectivity index (χ0) is 21.2. The number of anilines is 1. The molecule has 2 aliphatic heterocycles. The van der Waals surface area contributed by atoms with Crippen LogP contribution in [0.25, 0.3) is 10.9 Å². The van der Waals surface area contributed by atoms with E-state index in [2.05, 4.69) is 26.3 Å². The Labute approximate surface area is 179 Å². The maximum atomic E-state index is 12.7. The summed E-state index contributed by atoms with van der Waals surface area (Å²) in [4.78, 5) is 23.9. The third-order valence-corrected chi connectivity index (χ3v) is 5.70. The normalized spacial score (nSPS) is 18.4. The third-order valence-electron chi connectivity index (χ3n) is 5.70. The second kappa shape index (κ2) is 8.30. The van der Waals surface area contributed by atoms with Crippen LogP contribution in [0.4, 0.5) is 5.69 Å². The molecule has 1 saturated heterocycles. The van der Waals surface area contributed by atoms with E-state index < -0.39 is 5.92 Å². The van der Waals surface area contributed by atoms with Gasteiger partial charge in [0.1, 0.15) is 24.6 Å². The van der Waals surface area contributed by atoms with Gasteiger partial charge in [-0.25, -0.2) is 9.97 Å². The number of hydrogen-bond donors (Lipinski definition) is 1. The summed E-state index contributed by atoms with van der Waals surface area (Å²) in [6.07, 6.45) is 1.47. The Morgan fingerprint density at radius 1 is 1.19 bits per heavy atom. The summed E-state index contributed by atoms with van der Waals surface area (Å²) < 4.78 is 11.3. The van der Waals surface area contributed by atoms with Crippen molar-refractivity contribution in [1.82, 2.24) is 14.9 Å². The van der Waals surface area contributed by atoms with Crippen molar-refractivity contribution in [2.24, 2.45) is 0 Å². The molecule has 1 aromatic heterocycles. The number of carbonyl (C=O) groups is 1. The summed E-state index contributed by atoms with van der Waals surface area (Å²) in [7, 11) is 0. The molecule has 0 saturated carbocycles. The van der Waals surface area contributed by atoms with Crippen LogP contribution in [0, 0.1) is 11.3 Å². The number of amides is 1. The van der Waals surface area contributed by atoms with E-state index in [1.807, 2.05) is 18.2 Å². The van der Waals surface area contributed by atoms with Gasteiger partial charge >= 0.3 is 0 Å². The van der Waals surface area contributed by atoms with Crippen molar-refractivity contribution < 1.29 is 14.3 Å². The Balaban J connectivity index is 1.40. The maximum Gasteiger partial charge on any atom is 0.238 e. The van der Waals surface area contributed by atoms with E-state index in [1.54, 1.807) is 18.2 Å². The predicted molar refractivity (Wildman–Crippen MR) is 114 cm³/mol. The second-order valence-electron chi connectivity index (χ2n) is 7.58. The Kier molecular flexibility index (Phi) is 5.20. The van der Waals surface area contributed by atoms with Gasteiger partial charge in [-0.05, 0) is 35.9 Å². The molecule has 8 nitrogen and oxygen atoms in total. The van der Waals surface area contributed by atoms with Crippen LogP contribution in [-0.2, 0) is 9.53 Å². The van der Waals surface area contributed by atoms with Crippen LogP contribution >= 0.6 is 0 Å². The number of rotatable bonds is 5. The summed E-state index contributed by atoms with van der Waals surface area (Å²) in [5.41, 5.74) is 3.32. The molecule has 1 amide bonds. The Hall–Kier alpha value is -3.54. The molecule has 3 heterocycles. The quantitative estimate of drug-likeness (QED) is 0.682. The van der Waals surface area contributed by atoms with Gasteiger partial charge in [-0.15, -0.1) is 0 Å². The van der Waals surface area contributed by atoms with Gasteiger partial charge in [0, 0.05) is 36.8 Å². The Morgan fingerprint density at radius 3 is 2.90 bits per heavy atom. The van der Waals surface area contributed by atoms with Gasteiger partial charge in [0.2, 0.25) is 5.91 Å². The van der Waals surface area contributed by atoms with E-state index in [0.29, 0.717) is 29.1 Å². The number of ether oxygens (including phenoxy) is 2. The third kappa shape index (κ3) is 3.81. The highest BCUT2D eigenvalue weighted by atomic mass is 16.5. The molecule has 0 spiro atoms. The van der Waals surface area contributed by atoms with Crippen LogP contribution in [0.3, 0.4) is 0 Å². The first-order chi connectivity index (χ1) is 15.2. The Morgan fingerprint density at radius 2 is 2.06 bits per heavy atom. The molecule has 1 N–H and O–H groups in total. The topological polar surface area (TPSA) is 100 Å². The highest BCUT2D eigenvalue weighted by Gasteiger charge is 2.34. The van der Waals surface area contributed by atoms with Gasteiger partial charge in [0.05, 0.1) is 36.1 Å². The zero-order valence-electron chi connectivity index (χ0n) is 16.9. The number of hydrogen-bond acceptors (Lipinski definition) is 7. The first-order valence-electron chi connectivity index (χ1n) is 10.3. The first kappa shape index (κ1) is 19.4. The number of morpholine rings is 1. The molecule has 1 fully saturated rings. The summed E-state index contributed by atoms with van der Waals surface area (Å²) >= 11 is 0. The smallest absolute Gasteiger partial charge is 0.238 e. The van der Waals surface area contributed by atoms with E-state index in [0.717, 1.165) is 49.5 Å². The van der Waals surface area contributed by atoms with Crippen molar-refractivity contribution in [2.45, 2.75) is 5.92 Å². The predicted octanol–water partition coefficient (Wildman–Crippen LogP) is 2.30. The first-order valence-corrected chi connectivity index (χ1v) is 10.3. The monoisotopic (exact) mass is 415 g/mol. The fraction of sp³-hybridized carbons (Fsp3) is 0.304. The van der Waals surface area contributed by atoms with Crippen molar-refractivity contribution in [3.8, 4) is 11.8 Å². The van der Waals surface area contributed by atoms with Crippen molar-refractivity contribution in [3.05, 3.63) is 59.5 Å². The van der Waals surface area contributed by atoms with Crippen LogP contribution in [-0.4, -0.2) is 60.2 Å². The van der Waals surface area contributed by atoms with Gasteiger partial charge in [-0.2, -0.15) is 5.26 Å². The lowest BCUT2D eigenvalue weighted by Crippen LogP contribution is -2.38. The lowest BCUT2D eigenvalue weighted by Gasteiger charge is -2.26. The van der Waals surface area contributed by atoms with E-state index >= 15 is 0 Å². The summed E-state index contributed by atoms with van der Waals surface area (Å²) in [5, 5.41) is 12.9. The summed E-state index contributed by atoms with van der Waals surface area (Å²) in [6.45, 7) is 4.81. The molecular formula is C23H21N5O3.